The van der Waals surface area contributed by atoms with Crippen molar-refractivity contribution in [3.8, 4) is 11.5 Å². The van der Waals surface area contributed by atoms with Crippen LogP contribution in [0.2, 0.25) is 0 Å². The van der Waals surface area contributed by atoms with Crippen molar-refractivity contribution in [1.29, 1.82) is 0 Å². The van der Waals surface area contributed by atoms with Crippen molar-refractivity contribution < 1.29 is 4.74 Å². The van der Waals surface area contributed by atoms with Gasteiger partial charge in [-0.15, -0.1) is 0 Å². The van der Waals surface area contributed by atoms with Gasteiger partial charge in [0, 0.05) is 10.7 Å². The van der Waals surface area contributed by atoms with Crippen molar-refractivity contribution in [2.45, 2.75) is 13.8 Å². The smallest absolute Gasteiger partial charge is 0.146 e. The molecule has 0 N–H and O–H groups in total. The molecule has 0 bridgehead atoms. The van der Waals surface area contributed by atoms with Gasteiger partial charge in [0.15, 0.2) is 0 Å². The van der Waals surface area contributed by atoms with Gasteiger partial charge < -0.3 is 4.74 Å². The molecule has 0 aliphatic carbocycles. The zero-order valence-corrected chi connectivity index (χ0v) is 10.8. The molecule has 0 radical (unpaired) electrons. The van der Waals surface area contributed by atoms with E-state index in [1.807, 2.05) is 18.2 Å². The number of ether oxygens (including phenoxy) is 1. The molecule has 0 saturated carbocycles. The van der Waals surface area contributed by atoms with Gasteiger partial charge in [0.1, 0.15) is 11.5 Å². The number of aromatic nitrogens is 1. The fraction of sp³-hybridized carbons (Fsp3) is 0.154. The molecule has 0 saturated heterocycles. The molecule has 0 unspecified atom stereocenters. The Morgan fingerprint density at radius 1 is 0.938 bits per heavy atom. The summed E-state index contributed by atoms with van der Waals surface area (Å²) in [5.74, 6) is 1.58. The van der Waals surface area contributed by atoms with E-state index in [4.69, 9.17) is 4.74 Å². The van der Waals surface area contributed by atoms with E-state index in [1.54, 1.807) is 12.4 Å². The van der Waals surface area contributed by atoms with Gasteiger partial charge in [0.05, 0.1) is 6.20 Å². The molecule has 2 aromatic rings. The number of benzene rings is 1. The van der Waals surface area contributed by atoms with Crippen LogP contribution < -0.4 is 4.74 Å². The molecular formula is C13H12BrNO. The third kappa shape index (κ3) is 2.83. The third-order valence-electron chi connectivity index (χ3n) is 2.11. The fourth-order valence-corrected chi connectivity index (χ4v) is 1.92. The first-order valence-corrected chi connectivity index (χ1v) is 5.79. The van der Waals surface area contributed by atoms with Crippen molar-refractivity contribution >= 4 is 15.9 Å². The van der Waals surface area contributed by atoms with E-state index in [-0.39, 0.29) is 0 Å². The van der Waals surface area contributed by atoms with E-state index in [1.165, 1.54) is 11.1 Å². The highest BCUT2D eigenvalue weighted by Crippen LogP contribution is 2.24. The van der Waals surface area contributed by atoms with Crippen LogP contribution >= 0.6 is 15.9 Å². The van der Waals surface area contributed by atoms with Gasteiger partial charge >= 0.3 is 0 Å². The Balaban J connectivity index is 2.27. The van der Waals surface area contributed by atoms with Crippen molar-refractivity contribution in [2.75, 3.05) is 0 Å². The predicted octanol–water partition coefficient (Wildman–Crippen LogP) is 4.25. The molecule has 2 nitrogen and oxygen atoms in total. The van der Waals surface area contributed by atoms with Gasteiger partial charge in [-0.2, -0.15) is 0 Å². The van der Waals surface area contributed by atoms with Crippen LogP contribution in [0.5, 0.6) is 11.5 Å². The minimum atomic E-state index is 0.736. The molecule has 0 spiro atoms. The monoisotopic (exact) mass is 277 g/mol. The van der Waals surface area contributed by atoms with Gasteiger partial charge in [-0.25, -0.2) is 0 Å². The minimum absolute atomic E-state index is 0.736. The van der Waals surface area contributed by atoms with E-state index in [0.717, 1.165) is 16.0 Å². The lowest BCUT2D eigenvalue weighted by molar-refractivity contribution is 0.479. The van der Waals surface area contributed by atoms with Crippen LogP contribution in [-0.4, -0.2) is 4.98 Å². The minimum Gasteiger partial charge on any atom is -0.456 e. The summed E-state index contributed by atoms with van der Waals surface area (Å²) in [5.41, 5.74) is 2.39. The number of rotatable bonds is 2. The molecule has 1 aromatic heterocycles. The Kier molecular flexibility index (Phi) is 3.25. The summed E-state index contributed by atoms with van der Waals surface area (Å²) in [7, 11) is 0. The topological polar surface area (TPSA) is 22.1 Å². The highest BCUT2D eigenvalue weighted by Gasteiger charge is 2.00. The molecule has 1 aromatic carbocycles. The molecule has 1 heterocycles. The zero-order valence-electron chi connectivity index (χ0n) is 9.20. The first kappa shape index (κ1) is 11.1. The molecule has 0 atom stereocenters. The summed E-state index contributed by atoms with van der Waals surface area (Å²) in [6.07, 6.45) is 3.43. The van der Waals surface area contributed by atoms with E-state index in [9.17, 15) is 0 Å². The van der Waals surface area contributed by atoms with Gasteiger partial charge in [0.25, 0.3) is 0 Å². The van der Waals surface area contributed by atoms with E-state index >= 15 is 0 Å². The number of aryl methyl sites for hydroxylation is 2. The average molecular weight is 278 g/mol. The van der Waals surface area contributed by atoms with E-state index in [0.29, 0.717) is 0 Å². The second-order valence-corrected chi connectivity index (χ2v) is 4.68. The second kappa shape index (κ2) is 4.66. The van der Waals surface area contributed by atoms with Crippen LogP contribution in [0, 0.1) is 13.8 Å². The van der Waals surface area contributed by atoms with Crippen LogP contribution in [-0.2, 0) is 0 Å². The molecule has 3 heteroatoms. The van der Waals surface area contributed by atoms with Gasteiger partial charge in [-0.1, -0.05) is 6.07 Å². The maximum absolute atomic E-state index is 5.73. The summed E-state index contributed by atoms with van der Waals surface area (Å²) in [5, 5.41) is 0. The third-order valence-corrected chi connectivity index (χ3v) is 2.54. The quantitative estimate of drug-likeness (QED) is 0.819. The Morgan fingerprint density at radius 3 is 2.25 bits per heavy atom. The van der Waals surface area contributed by atoms with Crippen molar-refractivity contribution in [1.82, 2.24) is 4.98 Å². The second-order valence-electron chi connectivity index (χ2n) is 3.76. The molecular weight excluding hydrogens is 266 g/mol. The fourth-order valence-electron chi connectivity index (χ4n) is 1.58. The highest BCUT2D eigenvalue weighted by molar-refractivity contribution is 9.10. The van der Waals surface area contributed by atoms with E-state index in [2.05, 4.69) is 40.8 Å². The normalized spacial score (nSPS) is 10.2. The van der Waals surface area contributed by atoms with Crippen LogP contribution in [0.15, 0.2) is 41.1 Å². The molecule has 2 rings (SSSR count). The Hall–Kier alpha value is -1.35. The van der Waals surface area contributed by atoms with Crippen molar-refractivity contribution in [3.63, 3.8) is 0 Å². The lowest BCUT2D eigenvalue weighted by atomic mass is 10.1. The summed E-state index contributed by atoms with van der Waals surface area (Å²) < 4.78 is 6.64. The van der Waals surface area contributed by atoms with Crippen molar-refractivity contribution in [2.24, 2.45) is 0 Å². The van der Waals surface area contributed by atoms with Gasteiger partial charge in [-0.3, -0.25) is 4.98 Å². The molecule has 82 valence electrons. The summed E-state index contributed by atoms with van der Waals surface area (Å²) >= 11 is 3.36. The number of hydrogen-bond donors (Lipinski definition) is 0. The maximum atomic E-state index is 5.73. The SMILES string of the molecule is Cc1cc(C)cc(Oc2cncc(Br)c2)c1. The van der Waals surface area contributed by atoms with Crippen LogP contribution in [0.25, 0.3) is 0 Å². The molecule has 0 aliphatic heterocycles. The number of pyridine rings is 1. The molecule has 0 aliphatic rings. The first-order valence-electron chi connectivity index (χ1n) is 5.00. The molecule has 16 heavy (non-hydrogen) atoms. The van der Waals surface area contributed by atoms with Crippen LogP contribution in [0.1, 0.15) is 11.1 Å². The van der Waals surface area contributed by atoms with Crippen LogP contribution in [0.3, 0.4) is 0 Å². The number of nitrogens with zero attached hydrogens (tertiary/aromatic N) is 1. The lowest BCUT2D eigenvalue weighted by Gasteiger charge is -2.07. The Labute approximate surface area is 103 Å². The van der Waals surface area contributed by atoms with Crippen LogP contribution in [0.4, 0.5) is 0 Å². The summed E-state index contributed by atoms with van der Waals surface area (Å²) in [6, 6.07) is 8.03. The number of halogens is 1. The first-order chi connectivity index (χ1) is 7.63. The maximum Gasteiger partial charge on any atom is 0.146 e. The number of hydrogen-bond acceptors (Lipinski definition) is 2. The zero-order chi connectivity index (χ0) is 11.5. The van der Waals surface area contributed by atoms with Gasteiger partial charge in [-0.05, 0) is 59.1 Å². The highest BCUT2D eigenvalue weighted by atomic mass is 79.9. The largest absolute Gasteiger partial charge is 0.456 e. The Morgan fingerprint density at radius 2 is 1.62 bits per heavy atom. The lowest BCUT2D eigenvalue weighted by Crippen LogP contribution is -1.87. The summed E-state index contributed by atoms with van der Waals surface area (Å²) in [6.45, 7) is 4.11. The molecule has 0 fully saturated rings. The standard InChI is InChI=1S/C13H12BrNO/c1-9-3-10(2)5-12(4-9)16-13-6-11(14)7-15-8-13/h3-8H,1-2H3. The van der Waals surface area contributed by atoms with Crippen molar-refractivity contribution in [3.05, 3.63) is 52.3 Å². The predicted molar refractivity (Wildman–Crippen MR) is 67.9 cm³/mol. The Bertz CT molecular complexity index is 491. The average Bonchev–Trinajstić information content (AvgIpc) is 2.15. The molecule has 0 amide bonds. The van der Waals surface area contributed by atoms with Gasteiger partial charge in [0.2, 0.25) is 0 Å². The van der Waals surface area contributed by atoms with E-state index < -0.39 is 0 Å². The summed E-state index contributed by atoms with van der Waals surface area (Å²) in [4.78, 5) is 4.05.